The number of carboxylic acid groups (broad SMARTS) is 1. The molecule has 0 saturated heterocycles. The minimum atomic E-state index is -3.90. The van der Waals surface area contributed by atoms with Crippen molar-refractivity contribution in [2.24, 2.45) is 0 Å². The van der Waals surface area contributed by atoms with Crippen molar-refractivity contribution < 1.29 is 32.6 Å². The summed E-state index contributed by atoms with van der Waals surface area (Å²) in [7, 11) is -3.90. The van der Waals surface area contributed by atoms with Crippen molar-refractivity contribution in [3.05, 3.63) is 52.8 Å². The molecule has 0 spiro atoms. The number of nitrogens with zero attached hydrogens (tertiary/aromatic N) is 1. The zero-order valence-electron chi connectivity index (χ0n) is 13.9. The SMILES string of the molecule is CS(=O)(=O)c1ccc(Oc2cc(F)cc(C#N)c2)c(C#CCO)c1C(=O)O. The van der Waals surface area contributed by atoms with Crippen LogP contribution in [-0.4, -0.2) is 37.5 Å². The van der Waals surface area contributed by atoms with Crippen LogP contribution in [0, 0.1) is 29.0 Å². The third-order valence-electron chi connectivity index (χ3n) is 3.26. The zero-order valence-corrected chi connectivity index (χ0v) is 14.7. The van der Waals surface area contributed by atoms with E-state index in [1.54, 1.807) is 6.07 Å². The fourth-order valence-electron chi connectivity index (χ4n) is 2.24. The number of ether oxygens (including phenoxy) is 1. The first-order valence-electron chi connectivity index (χ1n) is 7.26. The monoisotopic (exact) mass is 389 g/mol. The van der Waals surface area contributed by atoms with Crippen LogP contribution < -0.4 is 4.74 Å². The molecule has 9 heteroatoms. The van der Waals surface area contributed by atoms with Crippen LogP contribution in [0.4, 0.5) is 4.39 Å². The number of nitriles is 1. The maximum Gasteiger partial charge on any atom is 0.338 e. The number of carboxylic acids is 1. The van der Waals surface area contributed by atoms with Gasteiger partial charge < -0.3 is 14.9 Å². The number of halogens is 1. The maximum absolute atomic E-state index is 13.6. The minimum Gasteiger partial charge on any atom is -0.478 e. The first-order valence-corrected chi connectivity index (χ1v) is 9.15. The van der Waals surface area contributed by atoms with E-state index in [2.05, 4.69) is 11.8 Å². The molecule has 0 fully saturated rings. The van der Waals surface area contributed by atoms with Crippen LogP contribution >= 0.6 is 0 Å². The Morgan fingerprint density at radius 3 is 2.56 bits per heavy atom. The lowest BCUT2D eigenvalue weighted by molar-refractivity contribution is 0.0692. The van der Waals surface area contributed by atoms with Crippen molar-refractivity contribution in [3.8, 4) is 29.4 Å². The summed E-state index contributed by atoms with van der Waals surface area (Å²) in [6.45, 7) is -0.611. The molecular weight excluding hydrogens is 377 g/mol. The van der Waals surface area contributed by atoms with Crippen LogP contribution in [0.25, 0.3) is 0 Å². The maximum atomic E-state index is 13.6. The van der Waals surface area contributed by atoms with Crippen LogP contribution in [0.3, 0.4) is 0 Å². The van der Waals surface area contributed by atoms with Gasteiger partial charge in [-0.2, -0.15) is 5.26 Å². The molecule has 0 unspecified atom stereocenters. The van der Waals surface area contributed by atoms with Gasteiger partial charge in [-0.15, -0.1) is 0 Å². The Balaban J connectivity index is 2.74. The van der Waals surface area contributed by atoms with Gasteiger partial charge >= 0.3 is 5.97 Å². The third-order valence-corrected chi connectivity index (χ3v) is 4.40. The van der Waals surface area contributed by atoms with Crippen LogP contribution in [0.5, 0.6) is 11.5 Å². The Hall–Kier alpha value is -3.40. The lowest BCUT2D eigenvalue weighted by Gasteiger charge is -2.13. The Labute approximate surface area is 154 Å². The summed E-state index contributed by atoms with van der Waals surface area (Å²) in [5.74, 6) is 2.00. The van der Waals surface area contributed by atoms with Crippen molar-refractivity contribution in [1.29, 1.82) is 5.26 Å². The molecule has 0 bridgehead atoms. The van der Waals surface area contributed by atoms with Gasteiger partial charge in [-0.3, -0.25) is 0 Å². The Kier molecular flexibility index (Phi) is 5.81. The van der Waals surface area contributed by atoms with E-state index < -0.39 is 38.7 Å². The highest BCUT2D eigenvalue weighted by atomic mass is 32.2. The van der Waals surface area contributed by atoms with Crippen molar-refractivity contribution in [1.82, 2.24) is 0 Å². The predicted molar refractivity (Wildman–Crippen MR) is 91.7 cm³/mol. The smallest absolute Gasteiger partial charge is 0.338 e. The summed E-state index contributed by atoms with van der Waals surface area (Å²) in [5.41, 5.74) is -0.964. The highest BCUT2D eigenvalue weighted by molar-refractivity contribution is 7.90. The second-order valence-corrected chi connectivity index (χ2v) is 7.22. The minimum absolute atomic E-state index is 0.0285. The van der Waals surface area contributed by atoms with E-state index in [-0.39, 0.29) is 22.6 Å². The Morgan fingerprint density at radius 1 is 1.30 bits per heavy atom. The first-order chi connectivity index (χ1) is 12.7. The molecule has 2 aromatic rings. The molecule has 0 aromatic heterocycles. The predicted octanol–water partition coefficient (Wildman–Crippen LogP) is 1.94. The molecule has 0 heterocycles. The number of aliphatic hydroxyl groups is 1. The number of carbonyl (C=O) groups is 1. The summed E-state index contributed by atoms with van der Waals surface area (Å²) in [6, 6.07) is 7.11. The van der Waals surface area contributed by atoms with E-state index in [4.69, 9.17) is 15.1 Å². The summed E-state index contributed by atoms with van der Waals surface area (Å²) in [5, 5.41) is 27.3. The lowest BCUT2D eigenvalue weighted by Crippen LogP contribution is -2.11. The second kappa shape index (κ2) is 7.87. The molecule has 0 saturated carbocycles. The highest BCUT2D eigenvalue weighted by Gasteiger charge is 2.25. The van der Waals surface area contributed by atoms with Crippen molar-refractivity contribution in [2.45, 2.75) is 4.90 Å². The molecular formula is C18H12FNO6S. The van der Waals surface area contributed by atoms with Gasteiger partial charge in [0.2, 0.25) is 0 Å². The Bertz CT molecular complexity index is 1120. The highest BCUT2D eigenvalue weighted by Crippen LogP contribution is 2.32. The van der Waals surface area contributed by atoms with Crippen LogP contribution in [0.1, 0.15) is 21.5 Å². The molecule has 138 valence electrons. The second-order valence-electron chi connectivity index (χ2n) is 5.24. The molecule has 0 aliphatic rings. The van der Waals surface area contributed by atoms with Gasteiger partial charge in [-0.05, 0) is 24.3 Å². The lowest BCUT2D eigenvalue weighted by atomic mass is 10.1. The Morgan fingerprint density at radius 2 is 2.00 bits per heavy atom. The van der Waals surface area contributed by atoms with Gasteiger partial charge in [-0.25, -0.2) is 17.6 Å². The number of hydrogen-bond donors (Lipinski definition) is 2. The molecule has 0 aliphatic carbocycles. The van der Waals surface area contributed by atoms with Crippen molar-refractivity contribution in [3.63, 3.8) is 0 Å². The largest absolute Gasteiger partial charge is 0.478 e. The van der Waals surface area contributed by atoms with Gasteiger partial charge in [0, 0.05) is 12.3 Å². The third kappa shape index (κ3) is 4.61. The fraction of sp³-hybridized carbons (Fsp3) is 0.111. The normalized spacial score (nSPS) is 10.4. The number of sulfone groups is 1. The van der Waals surface area contributed by atoms with Gasteiger partial charge in [0.15, 0.2) is 9.84 Å². The number of aliphatic hydroxyl groups excluding tert-OH is 1. The van der Waals surface area contributed by atoms with Gasteiger partial charge in [-0.1, -0.05) is 11.8 Å². The number of benzene rings is 2. The van der Waals surface area contributed by atoms with Crippen molar-refractivity contribution in [2.75, 3.05) is 12.9 Å². The van der Waals surface area contributed by atoms with Crippen LogP contribution in [0.15, 0.2) is 35.2 Å². The van der Waals surface area contributed by atoms with E-state index in [9.17, 15) is 22.7 Å². The first kappa shape index (κ1) is 19.9. The standard InChI is InChI=1S/C18H12FNO6S/c1-27(24,25)16-5-4-15(14(3-2-6-21)17(16)18(22)23)26-13-8-11(10-20)7-12(19)9-13/h4-5,7-9,21H,6H2,1H3,(H,22,23). The van der Waals surface area contributed by atoms with E-state index in [1.165, 1.54) is 12.1 Å². The van der Waals surface area contributed by atoms with Crippen LogP contribution in [-0.2, 0) is 9.84 Å². The molecule has 0 atom stereocenters. The van der Waals surface area contributed by atoms with Gasteiger partial charge in [0.25, 0.3) is 0 Å². The van der Waals surface area contributed by atoms with E-state index in [1.807, 2.05) is 0 Å². The summed E-state index contributed by atoms with van der Waals surface area (Å²) in [4.78, 5) is 11.2. The van der Waals surface area contributed by atoms with E-state index in [0.717, 1.165) is 24.5 Å². The zero-order chi connectivity index (χ0) is 20.2. The molecule has 0 aliphatic heterocycles. The molecule has 2 rings (SSSR count). The average Bonchev–Trinajstić information content (AvgIpc) is 2.58. The number of rotatable bonds is 4. The van der Waals surface area contributed by atoms with E-state index >= 15 is 0 Å². The summed E-state index contributed by atoms with van der Waals surface area (Å²) < 4.78 is 42.8. The quantitative estimate of drug-likeness (QED) is 0.766. The molecule has 2 aromatic carbocycles. The average molecular weight is 389 g/mol. The molecule has 7 nitrogen and oxygen atoms in total. The topological polar surface area (TPSA) is 125 Å². The molecule has 2 N–H and O–H groups in total. The molecule has 0 radical (unpaired) electrons. The molecule has 27 heavy (non-hydrogen) atoms. The van der Waals surface area contributed by atoms with Gasteiger partial charge in [0.1, 0.15) is 23.9 Å². The van der Waals surface area contributed by atoms with Crippen molar-refractivity contribution >= 4 is 15.8 Å². The number of aromatic carboxylic acids is 1. The van der Waals surface area contributed by atoms with E-state index in [0.29, 0.717) is 0 Å². The summed E-state index contributed by atoms with van der Waals surface area (Å²) >= 11 is 0. The van der Waals surface area contributed by atoms with Crippen LogP contribution in [0.2, 0.25) is 0 Å². The number of hydrogen-bond acceptors (Lipinski definition) is 6. The fourth-order valence-corrected chi connectivity index (χ4v) is 3.11. The molecule has 0 amide bonds. The summed E-state index contributed by atoms with van der Waals surface area (Å²) in [6.07, 6.45) is 0.838. The van der Waals surface area contributed by atoms with Gasteiger partial charge in [0.05, 0.1) is 27.7 Å².